The molecule has 8 nitrogen and oxygen atoms in total. The summed E-state index contributed by atoms with van der Waals surface area (Å²) in [6, 6.07) is 11.6. The molecule has 5 rings (SSSR count). The maximum absolute atomic E-state index is 12.7. The number of H-pyrrole nitrogens is 1. The van der Waals surface area contributed by atoms with Gasteiger partial charge in [-0.05, 0) is 42.0 Å². The van der Waals surface area contributed by atoms with Gasteiger partial charge in [-0.3, -0.25) is 9.69 Å². The number of piperazine rings is 1. The highest BCUT2D eigenvalue weighted by Crippen LogP contribution is 2.31. The average molecular weight is 435 g/mol. The van der Waals surface area contributed by atoms with Crippen molar-refractivity contribution in [2.24, 2.45) is 0 Å². The molecule has 0 saturated carbocycles. The first-order valence-electron chi connectivity index (χ1n) is 10.1. The molecule has 0 unspecified atom stereocenters. The predicted octanol–water partition coefficient (Wildman–Crippen LogP) is 2.77. The van der Waals surface area contributed by atoms with E-state index in [0.717, 1.165) is 53.8 Å². The van der Waals surface area contributed by atoms with Gasteiger partial charge in [0.2, 0.25) is 5.95 Å². The molecule has 0 aliphatic carbocycles. The number of hydrogen-bond donors (Lipinski definition) is 1. The number of rotatable bonds is 5. The van der Waals surface area contributed by atoms with E-state index in [4.69, 9.17) is 9.72 Å². The molecule has 0 atom stereocenters. The van der Waals surface area contributed by atoms with Crippen molar-refractivity contribution in [2.75, 3.05) is 38.2 Å². The first-order valence-corrected chi connectivity index (χ1v) is 10.9. The number of aromatic amines is 1. The molecule has 4 heterocycles. The van der Waals surface area contributed by atoms with Gasteiger partial charge in [0.25, 0.3) is 5.56 Å². The maximum Gasteiger partial charge on any atom is 0.268 e. The minimum Gasteiger partial charge on any atom is -0.497 e. The van der Waals surface area contributed by atoms with Gasteiger partial charge >= 0.3 is 0 Å². The fraction of sp³-hybridized carbons (Fsp3) is 0.273. The molecular weight excluding hydrogens is 412 g/mol. The van der Waals surface area contributed by atoms with Gasteiger partial charge in [-0.1, -0.05) is 0 Å². The van der Waals surface area contributed by atoms with E-state index in [0.29, 0.717) is 17.1 Å². The third-order valence-electron chi connectivity index (χ3n) is 5.39. The first kappa shape index (κ1) is 19.7. The Hall–Kier alpha value is -3.30. The van der Waals surface area contributed by atoms with Crippen LogP contribution in [0.3, 0.4) is 0 Å². The lowest BCUT2D eigenvalue weighted by molar-refractivity contribution is 0.243. The van der Waals surface area contributed by atoms with Crippen LogP contribution in [-0.4, -0.2) is 58.1 Å². The largest absolute Gasteiger partial charge is 0.497 e. The molecule has 0 amide bonds. The highest BCUT2D eigenvalue weighted by Gasteiger charge is 2.20. The van der Waals surface area contributed by atoms with Crippen molar-refractivity contribution in [3.05, 3.63) is 65.0 Å². The van der Waals surface area contributed by atoms with Crippen LogP contribution in [0.15, 0.2) is 53.6 Å². The molecule has 1 saturated heterocycles. The molecule has 158 valence electrons. The Morgan fingerprint density at radius 3 is 2.55 bits per heavy atom. The van der Waals surface area contributed by atoms with E-state index in [2.05, 4.69) is 24.8 Å². The van der Waals surface area contributed by atoms with E-state index in [1.807, 2.05) is 36.4 Å². The molecule has 9 heteroatoms. The van der Waals surface area contributed by atoms with Gasteiger partial charge in [0.05, 0.1) is 19.2 Å². The van der Waals surface area contributed by atoms with Gasteiger partial charge in [0, 0.05) is 43.4 Å². The number of methoxy groups -OCH3 is 1. The second-order valence-electron chi connectivity index (χ2n) is 7.38. The number of ether oxygens (including phenoxy) is 1. The Kier molecular flexibility index (Phi) is 5.35. The average Bonchev–Trinajstić information content (AvgIpc) is 3.25. The quantitative estimate of drug-likeness (QED) is 0.517. The van der Waals surface area contributed by atoms with Crippen molar-refractivity contribution in [1.29, 1.82) is 0 Å². The van der Waals surface area contributed by atoms with Crippen LogP contribution in [0.4, 0.5) is 5.95 Å². The fourth-order valence-electron chi connectivity index (χ4n) is 3.73. The molecule has 3 aromatic heterocycles. The summed E-state index contributed by atoms with van der Waals surface area (Å²) >= 11 is 1.46. The summed E-state index contributed by atoms with van der Waals surface area (Å²) in [4.78, 5) is 34.5. The molecule has 0 spiro atoms. The van der Waals surface area contributed by atoms with E-state index in [1.165, 1.54) is 11.3 Å². The van der Waals surface area contributed by atoms with Crippen molar-refractivity contribution < 1.29 is 4.74 Å². The molecule has 1 aliphatic heterocycles. The van der Waals surface area contributed by atoms with Crippen LogP contribution in [0.2, 0.25) is 0 Å². The zero-order chi connectivity index (χ0) is 21.2. The van der Waals surface area contributed by atoms with Crippen molar-refractivity contribution in [2.45, 2.75) is 6.54 Å². The number of thiophene rings is 1. The number of benzene rings is 1. The third-order valence-corrected chi connectivity index (χ3v) is 6.56. The van der Waals surface area contributed by atoms with Gasteiger partial charge in [-0.15, -0.1) is 11.3 Å². The normalized spacial score (nSPS) is 14.8. The smallest absolute Gasteiger partial charge is 0.268 e. The summed E-state index contributed by atoms with van der Waals surface area (Å²) < 4.78 is 5.88. The second-order valence-corrected chi connectivity index (χ2v) is 8.43. The van der Waals surface area contributed by atoms with Gasteiger partial charge in [-0.2, -0.15) is 0 Å². The molecule has 1 aromatic carbocycles. The van der Waals surface area contributed by atoms with E-state index in [9.17, 15) is 4.79 Å². The van der Waals surface area contributed by atoms with E-state index in [1.54, 1.807) is 19.5 Å². The van der Waals surface area contributed by atoms with Crippen LogP contribution in [0, 0.1) is 0 Å². The summed E-state index contributed by atoms with van der Waals surface area (Å²) in [5.74, 6) is 2.27. The lowest BCUT2D eigenvalue weighted by atomic mass is 10.2. The Balaban J connectivity index is 1.31. The van der Waals surface area contributed by atoms with Gasteiger partial charge in [0.1, 0.15) is 16.3 Å². The zero-order valence-electron chi connectivity index (χ0n) is 17.1. The van der Waals surface area contributed by atoms with Gasteiger partial charge < -0.3 is 14.6 Å². The minimum atomic E-state index is -0.0823. The lowest BCUT2D eigenvalue weighted by Gasteiger charge is -2.34. The Morgan fingerprint density at radius 1 is 1.10 bits per heavy atom. The van der Waals surface area contributed by atoms with Crippen LogP contribution in [0.5, 0.6) is 5.75 Å². The summed E-state index contributed by atoms with van der Waals surface area (Å²) in [6.07, 6.45) is 3.53. The Labute approximate surface area is 183 Å². The van der Waals surface area contributed by atoms with E-state index < -0.39 is 0 Å². The van der Waals surface area contributed by atoms with Gasteiger partial charge in [0.15, 0.2) is 0 Å². The Bertz CT molecular complexity index is 1230. The zero-order valence-corrected chi connectivity index (χ0v) is 17.9. The highest BCUT2D eigenvalue weighted by molar-refractivity contribution is 7.22. The summed E-state index contributed by atoms with van der Waals surface area (Å²) in [5, 5.41) is 0. The maximum atomic E-state index is 12.7. The molecular formula is C22H22N6O2S. The van der Waals surface area contributed by atoms with E-state index >= 15 is 0 Å². The molecule has 1 fully saturated rings. The Morgan fingerprint density at radius 2 is 1.84 bits per heavy atom. The molecule has 1 aliphatic rings. The first-order chi connectivity index (χ1) is 15.2. The SMILES string of the molecule is COc1ccc(-c2cc3nc(CN4CCN(c5ncccn5)CC4)[nH]c(=O)c3s2)cc1. The van der Waals surface area contributed by atoms with Crippen molar-refractivity contribution >= 4 is 27.5 Å². The lowest BCUT2D eigenvalue weighted by Crippen LogP contribution is -2.46. The van der Waals surface area contributed by atoms with Crippen molar-refractivity contribution in [3.8, 4) is 16.2 Å². The topological polar surface area (TPSA) is 87.2 Å². The van der Waals surface area contributed by atoms with Crippen LogP contribution in [0.25, 0.3) is 20.7 Å². The number of hydrogen-bond acceptors (Lipinski definition) is 8. The van der Waals surface area contributed by atoms with Crippen LogP contribution in [0.1, 0.15) is 5.82 Å². The minimum absolute atomic E-state index is 0.0823. The third kappa shape index (κ3) is 4.14. The molecule has 0 bridgehead atoms. The highest BCUT2D eigenvalue weighted by atomic mass is 32.1. The fourth-order valence-corrected chi connectivity index (χ4v) is 4.73. The van der Waals surface area contributed by atoms with Gasteiger partial charge in [-0.25, -0.2) is 15.0 Å². The number of nitrogens with zero attached hydrogens (tertiary/aromatic N) is 5. The predicted molar refractivity (Wildman–Crippen MR) is 122 cm³/mol. The monoisotopic (exact) mass is 434 g/mol. The molecule has 4 aromatic rings. The standard InChI is InChI=1S/C22H22N6O2S/c1-30-16-5-3-15(4-6-16)18-13-17-20(31-18)21(29)26-19(25-17)14-27-9-11-28(12-10-27)22-23-7-2-8-24-22/h2-8,13H,9-12,14H2,1H3,(H,25,26,29). The number of anilines is 1. The number of nitrogens with one attached hydrogen (secondary N) is 1. The second kappa shape index (κ2) is 8.44. The van der Waals surface area contributed by atoms with Crippen LogP contribution >= 0.6 is 11.3 Å². The summed E-state index contributed by atoms with van der Waals surface area (Å²) in [7, 11) is 1.65. The van der Waals surface area contributed by atoms with Crippen molar-refractivity contribution in [3.63, 3.8) is 0 Å². The molecule has 0 radical (unpaired) electrons. The summed E-state index contributed by atoms with van der Waals surface area (Å²) in [6.45, 7) is 4.02. The van der Waals surface area contributed by atoms with E-state index in [-0.39, 0.29) is 5.56 Å². The number of aromatic nitrogens is 4. The summed E-state index contributed by atoms with van der Waals surface area (Å²) in [5.41, 5.74) is 1.70. The van der Waals surface area contributed by atoms with Crippen LogP contribution < -0.4 is 15.2 Å². The van der Waals surface area contributed by atoms with Crippen molar-refractivity contribution in [1.82, 2.24) is 24.8 Å². The van der Waals surface area contributed by atoms with Crippen LogP contribution in [-0.2, 0) is 6.54 Å². The molecule has 1 N–H and O–H groups in total. The molecule has 31 heavy (non-hydrogen) atoms. The number of fused-ring (bicyclic) bond motifs is 1.